The number of rotatable bonds is 6. The summed E-state index contributed by atoms with van der Waals surface area (Å²) < 4.78 is 0. The zero-order chi connectivity index (χ0) is 12.8. The van der Waals surface area contributed by atoms with Crippen LogP contribution < -0.4 is 11.1 Å². The van der Waals surface area contributed by atoms with Crippen LogP contribution >= 0.6 is 23.1 Å². The van der Waals surface area contributed by atoms with E-state index in [-0.39, 0.29) is 11.9 Å². The van der Waals surface area contributed by atoms with Crippen molar-refractivity contribution in [2.24, 2.45) is 5.73 Å². The highest BCUT2D eigenvalue weighted by atomic mass is 32.2. The van der Waals surface area contributed by atoms with Gasteiger partial charge in [0, 0.05) is 9.75 Å². The molecule has 96 valence electrons. The second-order valence-corrected chi connectivity index (χ2v) is 6.38. The molecule has 1 heterocycles. The highest BCUT2D eigenvalue weighted by Gasteiger charge is 2.12. The first kappa shape index (κ1) is 14.5. The Bertz CT molecular complexity index is 357. The molecule has 1 aromatic heterocycles. The zero-order valence-electron chi connectivity index (χ0n) is 10.6. The largest absolute Gasteiger partial charge is 0.350 e. The lowest BCUT2D eigenvalue weighted by Crippen LogP contribution is -2.40. The third kappa shape index (κ3) is 4.69. The van der Waals surface area contributed by atoms with Gasteiger partial charge in [-0.25, -0.2) is 0 Å². The van der Waals surface area contributed by atoms with Crippen molar-refractivity contribution < 1.29 is 4.79 Å². The number of hydrogen-bond donors (Lipinski definition) is 2. The van der Waals surface area contributed by atoms with E-state index < -0.39 is 0 Å². The number of nitrogens with one attached hydrogen (secondary N) is 1. The Morgan fingerprint density at radius 2 is 2.29 bits per heavy atom. The van der Waals surface area contributed by atoms with E-state index in [2.05, 4.69) is 25.2 Å². The highest BCUT2D eigenvalue weighted by Crippen LogP contribution is 2.20. The Kier molecular flexibility index (Phi) is 6.02. The first-order valence-corrected chi connectivity index (χ1v) is 7.83. The summed E-state index contributed by atoms with van der Waals surface area (Å²) in [4.78, 5) is 14.2. The quantitative estimate of drug-likeness (QED) is 0.833. The molecule has 0 aliphatic carbocycles. The van der Waals surface area contributed by atoms with Gasteiger partial charge in [0.15, 0.2) is 0 Å². The van der Waals surface area contributed by atoms with E-state index >= 15 is 0 Å². The molecule has 1 atom stereocenters. The minimum absolute atomic E-state index is 0.0530. The number of thioether (sulfide) groups is 1. The van der Waals surface area contributed by atoms with Gasteiger partial charge in [-0.15, -0.1) is 11.3 Å². The Morgan fingerprint density at radius 3 is 2.82 bits per heavy atom. The van der Waals surface area contributed by atoms with Crippen molar-refractivity contribution in [3.05, 3.63) is 21.4 Å². The molecule has 5 heteroatoms. The van der Waals surface area contributed by atoms with Gasteiger partial charge in [-0.3, -0.25) is 4.79 Å². The molecular weight excluding hydrogens is 252 g/mol. The average molecular weight is 272 g/mol. The number of carbonyl (C=O) groups excluding carboxylic acids is 1. The van der Waals surface area contributed by atoms with E-state index in [1.54, 1.807) is 23.1 Å². The lowest BCUT2D eigenvalue weighted by molar-refractivity contribution is -0.122. The molecule has 1 rings (SSSR count). The van der Waals surface area contributed by atoms with Crippen molar-refractivity contribution in [1.29, 1.82) is 0 Å². The number of amides is 1. The van der Waals surface area contributed by atoms with E-state index in [4.69, 9.17) is 5.73 Å². The first-order chi connectivity index (χ1) is 8.04. The van der Waals surface area contributed by atoms with Crippen LogP contribution in [0.25, 0.3) is 0 Å². The fourth-order valence-electron chi connectivity index (χ4n) is 1.42. The molecule has 0 aliphatic heterocycles. The van der Waals surface area contributed by atoms with Crippen LogP contribution in [0.5, 0.6) is 0 Å². The minimum atomic E-state index is -0.385. The fourth-order valence-corrected chi connectivity index (χ4v) is 2.90. The number of thiophene rings is 1. The van der Waals surface area contributed by atoms with Gasteiger partial charge in [-0.1, -0.05) is 0 Å². The third-order valence-electron chi connectivity index (χ3n) is 2.62. The molecule has 3 nitrogen and oxygen atoms in total. The molecule has 0 aliphatic rings. The summed E-state index contributed by atoms with van der Waals surface area (Å²) in [5.74, 6) is 0.869. The van der Waals surface area contributed by atoms with Crippen LogP contribution in [0.15, 0.2) is 6.07 Å². The van der Waals surface area contributed by atoms with E-state index in [0.717, 1.165) is 12.2 Å². The number of aryl methyl sites for hydroxylation is 2. The minimum Gasteiger partial charge on any atom is -0.350 e. The number of carbonyl (C=O) groups is 1. The summed E-state index contributed by atoms with van der Waals surface area (Å²) in [6.07, 6.45) is 2.75. The van der Waals surface area contributed by atoms with Gasteiger partial charge < -0.3 is 11.1 Å². The molecule has 0 fully saturated rings. The molecule has 17 heavy (non-hydrogen) atoms. The topological polar surface area (TPSA) is 55.1 Å². The number of hydrogen-bond acceptors (Lipinski definition) is 4. The monoisotopic (exact) mass is 272 g/mol. The smallest absolute Gasteiger partial charge is 0.237 e. The van der Waals surface area contributed by atoms with Crippen molar-refractivity contribution in [1.82, 2.24) is 5.32 Å². The SMILES string of the molecule is CSCC[C@H](N)C(=O)NCc1cc(C)c(C)s1. The van der Waals surface area contributed by atoms with Crippen LogP contribution in [0.1, 0.15) is 21.7 Å². The molecule has 0 spiro atoms. The summed E-state index contributed by atoms with van der Waals surface area (Å²) in [6.45, 7) is 4.77. The fraction of sp³-hybridized carbons (Fsp3) is 0.583. The van der Waals surface area contributed by atoms with Crippen molar-refractivity contribution in [2.75, 3.05) is 12.0 Å². The summed E-state index contributed by atoms with van der Waals surface area (Å²) in [6, 6.07) is 1.73. The molecule has 1 aromatic rings. The molecular formula is C12H20N2OS2. The van der Waals surface area contributed by atoms with Crippen molar-refractivity contribution in [3.8, 4) is 0 Å². The van der Waals surface area contributed by atoms with Gasteiger partial charge in [-0.05, 0) is 43.9 Å². The van der Waals surface area contributed by atoms with Gasteiger partial charge >= 0.3 is 0 Å². The highest BCUT2D eigenvalue weighted by molar-refractivity contribution is 7.98. The third-order valence-corrected chi connectivity index (χ3v) is 4.42. The molecule has 0 aromatic carbocycles. The Balaban J connectivity index is 2.37. The van der Waals surface area contributed by atoms with Gasteiger partial charge in [0.25, 0.3) is 0 Å². The van der Waals surface area contributed by atoms with Crippen molar-refractivity contribution in [3.63, 3.8) is 0 Å². The second-order valence-electron chi connectivity index (χ2n) is 4.06. The lowest BCUT2D eigenvalue weighted by Gasteiger charge is -2.10. The Hall–Kier alpha value is -0.520. The van der Waals surface area contributed by atoms with Gasteiger partial charge in [0.1, 0.15) is 0 Å². The van der Waals surface area contributed by atoms with Crippen LogP contribution in [0.4, 0.5) is 0 Å². The summed E-state index contributed by atoms with van der Waals surface area (Å²) in [7, 11) is 0. The van der Waals surface area contributed by atoms with Gasteiger partial charge in [0.2, 0.25) is 5.91 Å². The van der Waals surface area contributed by atoms with E-state index in [1.165, 1.54) is 15.3 Å². The lowest BCUT2D eigenvalue weighted by atomic mass is 10.2. The van der Waals surface area contributed by atoms with Gasteiger partial charge in [-0.2, -0.15) is 11.8 Å². The van der Waals surface area contributed by atoms with Crippen LogP contribution in [0.2, 0.25) is 0 Å². The van der Waals surface area contributed by atoms with Crippen LogP contribution in [-0.2, 0) is 11.3 Å². The predicted molar refractivity (Wildman–Crippen MR) is 76.6 cm³/mol. The maximum atomic E-state index is 11.7. The molecule has 1 amide bonds. The van der Waals surface area contributed by atoms with Crippen LogP contribution in [0, 0.1) is 13.8 Å². The number of nitrogens with two attached hydrogens (primary N) is 1. The molecule has 3 N–H and O–H groups in total. The maximum absolute atomic E-state index is 11.7. The first-order valence-electron chi connectivity index (χ1n) is 5.62. The summed E-state index contributed by atoms with van der Waals surface area (Å²) in [5.41, 5.74) is 7.06. The average Bonchev–Trinajstić information content (AvgIpc) is 2.62. The van der Waals surface area contributed by atoms with Gasteiger partial charge in [0.05, 0.1) is 12.6 Å². The van der Waals surface area contributed by atoms with Crippen LogP contribution in [-0.4, -0.2) is 24.0 Å². The van der Waals surface area contributed by atoms with Crippen molar-refractivity contribution in [2.45, 2.75) is 32.9 Å². The molecule has 0 bridgehead atoms. The van der Waals surface area contributed by atoms with E-state index in [0.29, 0.717) is 6.54 Å². The maximum Gasteiger partial charge on any atom is 0.237 e. The zero-order valence-corrected chi connectivity index (χ0v) is 12.2. The Labute approximate surface area is 111 Å². The molecule has 0 saturated carbocycles. The summed E-state index contributed by atoms with van der Waals surface area (Å²) in [5, 5.41) is 2.89. The van der Waals surface area contributed by atoms with Crippen LogP contribution in [0.3, 0.4) is 0 Å². The van der Waals surface area contributed by atoms with E-state index in [1.807, 2.05) is 6.26 Å². The predicted octanol–water partition coefficient (Wildman–Crippen LogP) is 2.06. The Morgan fingerprint density at radius 1 is 1.59 bits per heavy atom. The second kappa shape index (κ2) is 7.03. The standard InChI is InChI=1S/C12H20N2OS2/c1-8-6-10(17-9(8)2)7-14-12(15)11(13)4-5-16-3/h6,11H,4-5,7,13H2,1-3H3,(H,14,15)/t11-/m0/s1. The molecule has 0 radical (unpaired) electrons. The molecule has 0 saturated heterocycles. The normalized spacial score (nSPS) is 12.5. The van der Waals surface area contributed by atoms with E-state index in [9.17, 15) is 4.79 Å². The summed E-state index contributed by atoms with van der Waals surface area (Å²) >= 11 is 3.44. The molecule has 0 unspecified atom stereocenters. The van der Waals surface area contributed by atoms with Crippen molar-refractivity contribution >= 4 is 29.0 Å².